The first kappa shape index (κ1) is 17.1. The molecule has 5 nitrogen and oxygen atoms in total. The van der Waals surface area contributed by atoms with Crippen molar-refractivity contribution in [1.29, 1.82) is 0 Å². The first-order chi connectivity index (χ1) is 10.4. The predicted molar refractivity (Wildman–Crippen MR) is 87.5 cm³/mol. The van der Waals surface area contributed by atoms with Crippen molar-refractivity contribution in [3.8, 4) is 0 Å². The standard InChI is InChI=1S/C15H19Cl2N3O2/c1-10(19-5-7-20(8-6-19)11(2)21)15(22)18-14-4-3-12(16)9-13(14)17/h3-4,9-10H,5-8H2,1-2H3,(H,18,22)/p+1/t10-/m1/s1. The largest absolute Gasteiger partial charge is 0.332 e. The molecule has 22 heavy (non-hydrogen) atoms. The summed E-state index contributed by atoms with van der Waals surface area (Å²) in [6, 6.07) is 4.77. The van der Waals surface area contributed by atoms with Crippen LogP contribution in [0.15, 0.2) is 18.2 Å². The van der Waals surface area contributed by atoms with E-state index in [9.17, 15) is 9.59 Å². The first-order valence-electron chi connectivity index (χ1n) is 7.24. The van der Waals surface area contributed by atoms with Crippen molar-refractivity contribution in [3.63, 3.8) is 0 Å². The van der Waals surface area contributed by atoms with Crippen LogP contribution in [0.5, 0.6) is 0 Å². The highest BCUT2D eigenvalue weighted by Crippen LogP contribution is 2.25. The number of hydrogen-bond donors (Lipinski definition) is 2. The third-order valence-corrected chi connectivity index (χ3v) is 4.59. The molecule has 0 saturated carbocycles. The Bertz CT molecular complexity index is 572. The molecule has 0 unspecified atom stereocenters. The molecule has 1 aromatic carbocycles. The molecule has 1 fully saturated rings. The van der Waals surface area contributed by atoms with Gasteiger partial charge in [-0.1, -0.05) is 23.2 Å². The summed E-state index contributed by atoms with van der Waals surface area (Å²) >= 11 is 11.9. The predicted octanol–water partition coefficient (Wildman–Crippen LogP) is 1.07. The Morgan fingerprint density at radius 3 is 2.45 bits per heavy atom. The summed E-state index contributed by atoms with van der Waals surface area (Å²) in [6.07, 6.45) is 0. The van der Waals surface area contributed by atoms with Crippen molar-refractivity contribution in [1.82, 2.24) is 4.90 Å². The number of nitrogens with one attached hydrogen (secondary N) is 2. The van der Waals surface area contributed by atoms with E-state index in [0.717, 1.165) is 13.1 Å². The van der Waals surface area contributed by atoms with Gasteiger partial charge in [0.1, 0.15) is 0 Å². The average Bonchev–Trinajstić information content (AvgIpc) is 2.49. The third-order valence-electron chi connectivity index (χ3n) is 4.05. The maximum Gasteiger partial charge on any atom is 0.282 e. The van der Waals surface area contributed by atoms with Crippen molar-refractivity contribution in [3.05, 3.63) is 28.2 Å². The van der Waals surface area contributed by atoms with E-state index in [1.54, 1.807) is 25.1 Å². The molecule has 0 aliphatic carbocycles. The van der Waals surface area contributed by atoms with Gasteiger partial charge in [-0.05, 0) is 25.1 Å². The molecule has 1 saturated heterocycles. The summed E-state index contributed by atoms with van der Waals surface area (Å²) in [6.45, 7) is 6.36. The van der Waals surface area contributed by atoms with E-state index < -0.39 is 0 Å². The third kappa shape index (κ3) is 4.12. The number of piperazine rings is 1. The fourth-order valence-corrected chi connectivity index (χ4v) is 3.01. The summed E-state index contributed by atoms with van der Waals surface area (Å²) in [5.74, 6) is -0.000372. The number of benzene rings is 1. The number of rotatable bonds is 3. The molecule has 0 aromatic heterocycles. The molecule has 1 heterocycles. The van der Waals surface area contributed by atoms with Crippen LogP contribution < -0.4 is 10.2 Å². The second kappa shape index (κ2) is 7.31. The van der Waals surface area contributed by atoms with Crippen LogP contribution in [0.2, 0.25) is 10.0 Å². The van der Waals surface area contributed by atoms with Gasteiger partial charge >= 0.3 is 0 Å². The zero-order chi connectivity index (χ0) is 16.3. The summed E-state index contributed by atoms with van der Waals surface area (Å²) in [5.41, 5.74) is 0.560. The molecular weight excluding hydrogens is 325 g/mol. The number of carbonyl (C=O) groups is 2. The lowest BCUT2D eigenvalue weighted by Gasteiger charge is -2.34. The minimum atomic E-state index is -0.208. The zero-order valence-electron chi connectivity index (χ0n) is 12.7. The molecule has 1 aromatic rings. The molecule has 2 amide bonds. The van der Waals surface area contributed by atoms with Gasteiger partial charge in [-0.3, -0.25) is 9.59 Å². The molecular formula is C15H20Cl2N3O2+. The molecule has 120 valence electrons. The number of anilines is 1. The Morgan fingerprint density at radius 1 is 1.27 bits per heavy atom. The van der Waals surface area contributed by atoms with Gasteiger partial charge in [-0.2, -0.15) is 0 Å². The van der Waals surface area contributed by atoms with Gasteiger partial charge in [-0.25, -0.2) is 0 Å². The molecule has 7 heteroatoms. The monoisotopic (exact) mass is 344 g/mol. The fraction of sp³-hybridized carbons (Fsp3) is 0.467. The van der Waals surface area contributed by atoms with Crippen molar-refractivity contribution in [2.24, 2.45) is 0 Å². The summed E-state index contributed by atoms with van der Waals surface area (Å²) in [5, 5.41) is 3.79. The average molecular weight is 345 g/mol. The molecule has 1 aliphatic heterocycles. The number of amides is 2. The lowest BCUT2D eigenvalue weighted by atomic mass is 10.2. The highest BCUT2D eigenvalue weighted by atomic mass is 35.5. The quantitative estimate of drug-likeness (QED) is 0.861. The highest BCUT2D eigenvalue weighted by molar-refractivity contribution is 6.36. The van der Waals surface area contributed by atoms with E-state index in [0.29, 0.717) is 28.8 Å². The molecule has 0 spiro atoms. The Labute approximate surface area is 140 Å². The fourth-order valence-electron chi connectivity index (χ4n) is 2.56. The van der Waals surface area contributed by atoms with E-state index in [4.69, 9.17) is 23.2 Å². The van der Waals surface area contributed by atoms with Crippen molar-refractivity contribution < 1.29 is 14.5 Å². The van der Waals surface area contributed by atoms with Gasteiger partial charge < -0.3 is 15.1 Å². The Balaban J connectivity index is 1.94. The molecule has 2 rings (SSSR count). The summed E-state index contributed by atoms with van der Waals surface area (Å²) < 4.78 is 0. The van der Waals surface area contributed by atoms with Crippen molar-refractivity contribution in [2.45, 2.75) is 19.9 Å². The van der Waals surface area contributed by atoms with E-state index in [-0.39, 0.29) is 17.9 Å². The van der Waals surface area contributed by atoms with Gasteiger partial charge in [0.2, 0.25) is 5.91 Å². The number of halogens is 2. The second-order valence-corrected chi connectivity index (χ2v) is 6.34. The molecule has 0 radical (unpaired) electrons. The van der Waals surface area contributed by atoms with Gasteiger partial charge in [0.15, 0.2) is 6.04 Å². The van der Waals surface area contributed by atoms with Crippen molar-refractivity contribution >= 4 is 40.7 Å². The topological polar surface area (TPSA) is 53.9 Å². The Morgan fingerprint density at radius 2 is 1.91 bits per heavy atom. The minimum Gasteiger partial charge on any atom is -0.332 e. The van der Waals surface area contributed by atoms with E-state index in [1.807, 2.05) is 11.8 Å². The number of hydrogen-bond acceptors (Lipinski definition) is 2. The zero-order valence-corrected chi connectivity index (χ0v) is 14.2. The smallest absolute Gasteiger partial charge is 0.282 e. The van der Waals surface area contributed by atoms with Crippen LogP contribution in [0.3, 0.4) is 0 Å². The molecule has 1 atom stereocenters. The first-order valence-corrected chi connectivity index (χ1v) is 8.00. The van der Waals surface area contributed by atoms with Gasteiger partial charge in [0.25, 0.3) is 5.91 Å². The van der Waals surface area contributed by atoms with Gasteiger partial charge in [0.05, 0.1) is 36.9 Å². The Hall–Kier alpha value is -1.30. The van der Waals surface area contributed by atoms with E-state index in [2.05, 4.69) is 5.32 Å². The van der Waals surface area contributed by atoms with Crippen LogP contribution in [-0.4, -0.2) is 48.9 Å². The van der Waals surface area contributed by atoms with Crippen LogP contribution in [0.4, 0.5) is 5.69 Å². The second-order valence-electron chi connectivity index (χ2n) is 5.50. The van der Waals surface area contributed by atoms with Crippen LogP contribution in [0.25, 0.3) is 0 Å². The van der Waals surface area contributed by atoms with Crippen LogP contribution in [0, 0.1) is 0 Å². The highest BCUT2D eigenvalue weighted by Gasteiger charge is 2.30. The lowest BCUT2D eigenvalue weighted by molar-refractivity contribution is -0.917. The number of carbonyl (C=O) groups excluding carboxylic acids is 2. The molecule has 1 aliphatic rings. The van der Waals surface area contributed by atoms with Crippen LogP contribution >= 0.6 is 23.2 Å². The normalized spacial score (nSPS) is 17.2. The van der Waals surface area contributed by atoms with Gasteiger partial charge in [0, 0.05) is 11.9 Å². The molecule has 0 bridgehead atoms. The maximum absolute atomic E-state index is 12.4. The SMILES string of the molecule is CC(=O)N1CC[NH+]([C@H](C)C(=O)Nc2ccc(Cl)cc2Cl)CC1. The number of quaternary nitrogens is 1. The Kier molecular flexibility index (Phi) is 5.67. The van der Waals surface area contributed by atoms with E-state index in [1.165, 1.54) is 4.90 Å². The maximum atomic E-state index is 12.4. The summed E-state index contributed by atoms with van der Waals surface area (Å²) in [7, 11) is 0. The number of nitrogens with zero attached hydrogens (tertiary/aromatic N) is 1. The summed E-state index contributed by atoms with van der Waals surface area (Å²) in [4.78, 5) is 26.7. The molecule has 2 N–H and O–H groups in total. The van der Waals surface area contributed by atoms with Crippen molar-refractivity contribution in [2.75, 3.05) is 31.5 Å². The lowest BCUT2D eigenvalue weighted by Crippen LogP contribution is -3.19. The van der Waals surface area contributed by atoms with E-state index >= 15 is 0 Å². The van der Waals surface area contributed by atoms with Crippen LogP contribution in [0.1, 0.15) is 13.8 Å². The minimum absolute atomic E-state index is 0.0871. The van der Waals surface area contributed by atoms with Gasteiger partial charge in [-0.15, -0.1) is 0 Å². The van der Waals surface area contributed by atoms with Crippen LogP contribution in [-0.2, 0) is 9.59 Å².